The van der Waals surface area contributed by atoms with Crippen LogP contribution in [0, 0.1) is 6.92 Å². The number of fused-ring (bicyclic) bond motifs is 1. The van der Waals surface area contributed by atoms with Crippen LogP contribution in [0.3, 0.4) is 0 Å². The van der Waals surface area contributed by atoms with Crippen molar-refractivity contribution < 1.29 is 4.74 Å². The molecule has 0 saturated carbocycles. The summed E-state index contributed by atoms with van der Waals surface area (Å²) < 4.78 is 5.96. The molecule has 0 spiro atoms. The number of nitrogens with two attached hydrogens (primary N) is 1. The van der Waals surface area contributed by atoms with Gasteiger partial charge in [0.05, 0.1) is 0 Å². The summed E-state index contributed by atoms with van der Waals surface area (Å²) in [6.07, 6.45) is 1.88. The Morgan fingerprint density at radius 1 is 1.16 bits per heavy atom. The monoisotopic (exact) mass is 253 g/mol. The average molecular weight is 253 g/mol. The third-order valence-electron chi connectivity index (χ3n) is 3.87. The summed E-state index contributed by atoms with van der Waals surface area (Å²) in [5, 5.41) is 0. The Morgan fingerprint density at radius 3 is 2.68 bits per heavy atom. The third kappa shape index (κ3) is 2.49. The van der Waals surface area contributed by atoms with Crippen molar-refractivity contribution in [3.05, 3.63) is 65.2 Å². The van der Waals surface area contributed by atoms with Crippen molar-refractivity contribution >= 4 is 0 Å². The van der Waals surface area contributed by atoms with Gasteiger partial charge in [0.25, 0.3) is 0 Å². The molecule has 98 valence electrons. The fourth-order valence-electron chi connectivity index (χ4n) is 2.67. The molecule has 1 heterocycles. The zero-order chi connectivity index (χ0) is 13.2. The van der Waals surface area contributed by atoms with Crippen molar-refractivity contribution in [1.29, 1.82) is 0 Å². The molecule has 2 nitrogen and oxygen atoms in total. The van der Waals surface area contributed by atoms with Crippen LogP contribution in [0.4, 0.5) is 0 Å². The highest BCUT2D eigenvalue weighted by molar-refractivity contribution is 5.38. The van der Waals surface area contributed by atoms with Crippen LogP contribution < -0.4 is 10.5 Å². The van der Waals surface area contributed by atoms with Gasteiger partial charge in [0.1, 0.15) is 11.9 Å². The summed E-state index contributed by atoms with van der Waals surface area (Å²) in [5.41, 5.74) is 10.2. The van der Waals surface area contributed by atoms with Gasteiger partial charge in [-0.3, -0.25) is 0 Å². The van der Waals surface area contributed by atoms with E-state index in [0.717, 1.165) is 18.6 Å². The molecule has 0 aromatic heterocycles. The molecule has 2 atom stereocenters. The quantitative estimate of drug-likeness (QED) is 0.913. The highest BCUT2D eigenvalue weighted by atomic mass is 16.5. The number of hydrogen-bond donors (Lipinski definition) is 1. The van der Waals surface area contributed by atoms with Gasteiger partial charge in [0.15, 0.2) is 0 Å². The molecule has 0 saturated heterocycles. The van der Waals surface area contributed by atoms with Gasteiger partial charge in [0, 0.05) is 12.5 Å². The maximum atomic E-state index is 6.33. The predicted octanol–water partition coefficient (Wildman–Crippen LogP) is 2.87. The van der Waals surface area contributed by atoms with Crippen LogP contribution in [0.15, 0.2) is 48.5 Å². The molecular formula is C17H19NO. The van der Waals surface area contributed by atoms with Gasteiger partial charge in [-0.05, 0) is 36.1 Å². The van der Waals surface area contributed by atoms with E-state index >= 15 is 0 Å². The van der Waals surface area contributed by atoms with Crippen LogP contribution >= 0.6 is 0 Å². The normalized spacial score (nSPS) is 18.7. The van der Waals surface area contributed by atoms with Crippen molar-refractivity contribution in [3.8, 4) is 5.75 Å². The summed E-state index contributed by atoms with van der Waals surface area (Å²) in [6, 6.07) is 16.7. The maximum absolute atomic E-state index is 6.33. The van der Waals surface area contributed by atoms with Crippen molar-refractivity contribution in [1.82, 2.24) is 0 Å². The molecule has 2 aromatic rings. The lowest BCUT2D eigenvalue weighted by Crippen LogP contribution is -2.39. The molecule has 1 aliphatic heterocycles. The SMILES string of the molecule is Cc1ccccc1CC(N)C1Cc2ccccc2O1. The van der Waals surface area contributed by atoms with E-state index in [1.807, 2.05) is 12.1 Å². The molecule has 0 fully saturated rings. The first-order chi connectivity index (χ1) is 9.24. The van der Waals surface area contributed by atoms with Gasteiger partial charge < -0.3 is 10.5 Å². The van der Waals surface area contributed by atoms with Gasteiger partial charge in [-0.1, -0.05) is 42.5 Å². The second kappa shape index (κ2) is 5.06. The number of ether oxygens (including phenoxy) is 1. The zero-order valence-electron chi connectivity index (χ0n) is 11.2. The summed E-state index contributed by atoms with van der Waals surface area (Å²) in [4.78, 5) is 0. The van der Waals surface area contributed by atoms with Crippen molar-refractivity contribution in [2.45, 2.75) is 31.9 Å². The Morgan fingerprint density at radius 2 is 1.89 bits per heavy atom. The van der Waals surface area contributed by atoms with E-state index in [4.69, 9.17) is 10.5 Å². The van der Waals surface area contributed by atoms with Crippen LogP contribution in [-0.4, -0.2) is 12.1 Å². The van der Waals surface area contributed by atoms with Crippen LogP contribution in [0.25, 0.3) is 0 Å². The predicted molar refractivity (Wildman–Crippen MR) is 77.4 cm³/mol. The third-order valence-corrected chi connectivity index (χ3v) is 3.87. The lowest BCUT2D eigenvalue weighted by atomic mass is 9.96. The van der Waals surface area contributed by atoms with Gasteiger partial charge >= 0.3 is 0 Å². The fourth-order valence-corrected chi connectivity index (χ4v) is 2.67. The minimum Gasteiger partial charge on any atom is -0.488 e. The lowest BCUT2D eigenvalue weighted by molar-refractivity contribution is 0.198. The standard InChI is InChI=1S/C17H19NO/c1-12-6-2-3-7-13(12)10-15(18)17-11-14-8-4-5-9-16(14)19-17/h2-9,15,17H,10-11,18H2,1H3. The first-order valence-corrected chi connectivity index (χ1v) is 6.78. The van der Waals surface area contributed by atoms with E-state index in [9.17, 15) is 0 Å². The van der Waals surface area contributed by atoms with E-state index in [2.05, 4.69) is 43.3 Å². The van der Waals surface area contributed by atoms with E-state index in [0.29, 0.717) is 0 Å². The average Bonchev–Trinajstić information content (AvgIpc) is 2.85. The van der Waals surface area contributed by atoms with Crippen LogP contribution in [0.5, 0.6) is 5.75 Å². The Kier molecular flexibility index (Phi) is 3.26. The number of hydrogen-bond acceptors (Lipinski definition) is 2. The molecule has 1 aliphatic rings. The smallest absolute Gasteiger partial charge is 0.123 e. The Hall–Kier alpha value is -1.80. The first-order valence-electron chi connectivity index (χ1n) is 6.78. The Bertz CT molecular complexity index is 554. The van der Waals surface area contributed by atoms with Gasteiger partial charge in [-0.25, -0.2) is 0 Å². The highest BCUT2D eigenvalue weighted by Crippen LogP contribution is 2.29. The first kappa shape index (κ1) is 12.2. The molecule has 0 aliphatic carbocycles. The number of benzene rings is 2. The van der Waals surface area contributed by atoms with E-state index < -0.39 is 0 Å². The van der Waals surface area contributed by atoms with E-state index in [1.165, 1.54) is 16.7 Å². The largest absolute Gasteiger partial charge is 0.488 e. The van der Waals surface area contributed by atoms with Crippen molar-refractivity contribution in [3.63, 3.8) is 0 Å². The molecule has 2 N–H and O–H groups in total. The summed E-state index contributed by atoms with van der Waals surface area (Å²) >= 11 is 0. The van der Waals surface area contributed by atoms with Crippen LogP contribution in [0.1, 0.15) is 16.7 Å². The number of aryl methyl sites for hydroxylation is 1. The fraction of sp³-hybridized carbons (Fsp3) is 0.294. The lowest BCUT2D eigenvalue weighted by Gasteiger charge is -2.20. The summed E-state index contributed by atoms with van der Waals surface area (Å²) in [5.74, 6) is 0.993. The zero-order valence-corrected chi connectivity index (χ0v) is 11.2. The Labute approximate surface area is 114 Å². The molecule has 19 heavy (non-hydrogen) atoms. The second-order valence-corrected chi connectivity index (χ2v) is 5.26. The number of rotatable bonds is 3. The summed E-state index contributed by atoms with van der Waals surface area (Å²) in [7, 11) is 0. The summed E-state index contributed by atoms with van der Waals surface area (Å²) in [6.45, 7) is 2.13. The molecule has 2 heteroatoms. The molecule has 2 unspecified atom stereocenters. The molecule has 3 rings (SSSR count). The van der Waals surface area contributed by atoms with E-state index in [-0.39, 0.29) is 12.1 Å². The highest BCUT2D eigenvalue weighted by Gasteiger charge is 2.28. The van der Waals surface area contributed by atoms with Gasteiger partial charge in [-0.2, -0.15) is 0 Å². The molecule has 0 amide bonds. The maximum Gasteiger partial charge on any atom is 0.123 e. The van der Waals surface area contributed by atoms with Crippen LogP contribution in [-0.2, 0) is 12.8 Å². The van der Waals surface area contributed by atoms with Crippen LogP contribution in [0.2, 0.25) is 0 Å². The minimum atomic E-state index is 0.0356. The number of para-hydroxylation sites is 1. The minimum absolute atomic E-state index is 0.0356. The van der Waals surface area contributed by atoms with Crippen molar-refractivity contribution in [2.75, 3.05) is 0 Å². The van der Waals surface area contributed by atoms with E-state index in [1.54, 1.807) is 0 Å². The Balaban J connectivity index is 1.70. The second-order valence-electron chi connectivity index (χ2n) is 5.26. The molecule has 0 radical (unpaired) electrons. The molecular weight excluding hydrogens is 234 g/mol. The van der Waals surface area contributed by atoms with Crippen molar-refractivity contribution in [2.24, 2.45) is 5.73 Å². The van der Waals surface area contributed by atoms with Gasteiger partial charge in [-0.15, -0.1) is 0 Å². The molecule has 2 aromatic carbocycles. The molecule has 0 bridgehead atoms. The topological polar surface area (TPSA) is 35.2 Å². The van der Waals surface area contributed by atoms with Gasteiger partial charge in [0.2, 0.25) is 0 Å².